The number of aromatic nitrogens is 3. The third-order valence-electron chi connectivity index (χ3n) is 4.81. The molecule has 1 aromatic heterocycles. The second-order valence-electron chi connectivity index (χ2n) is 6.89. The van der Waals surface area contributed by atoms with Crippen LogP contribution in [0.3, 0.4) is 0 Å². The highest BCUT2D eigenvalue weighted by molar-refractivity contribution is 7.99. The summed E-state index contributed by atoms with van der Waals surface area (Å²) >= 11 is 0.845. The molecule has 2 atom stereocenters. The first-order valence-electron chi connectivity index (χ1n) is 8.78. The van der Waals surface area contributed by atoms with Crippen molar-refractivity contribution in [3.63, 3.8) is 0 Å². The summed E-state index contributed by atoms with van der Waals surface area (Å²) in [6.45, 7) is 0.885. The molecule has 0 aliphatic carbocycles. The number of amides is 1. The van der Waals surface area contributed by atoms with E-state index in [2.05, 4.69) is 10.2 Å². The quantitative estimate of drug-likeness (QED) is 0.610. The summed E-state index contributed by atoms with van der Waals surface area (Å²) in [7, 11) is -2.00. The number of carbonyl (C=O) groups is 1. The van der Waals surface area contributed by atoms with Crippen molar-refractivity contribution in [2.45, 2.75) is 42.7 Å². The molecule has 3 heterocycles. The highest BCUT2D eigenvalue weighted by Crippen LogP contribution is 2.30. The van der Waals surface area contributed by atoms with Crippen LogP contribution in [0, 0.1) is 0 Å². The first-order valence-corrected chi connectivity index (χ1v) is 11.6. The smallest absolute Gasteiger partial charge is 0.376 e. The maximum atomic E-state index is 12.8. The largest absolute Gasteiger partial charge is 0.451 e. The van der Waals surface area contributed by atoms with E-state index in [9.17, 15) is 26.4 Å². The zero-order chi connectivity index (χ0) is 20.5. The number of carbonyl (C=O) groups excluding carboxylic acids is 1. The predicted octanol–water partition coefficient (Wildman–Crippen LogP) is 1.12. The van der Waals surface area contributed by atoms with E-state index >= 15 is 0 Å². The average Bonchev–Trinajstić information content (AvgIpc) is 3.30. The van der Waals surface area contributed by atoms with E-state index in [1.54, 1.807) is 0 Å². The molecule has 0 unspecified atom stereocenters. The Morgan fingerprint density at radius 1 is 1.36 bits per heavy atom. The summed E-state index contributed by atoms with van der Waals surface area (Å²) in [6, 6.07) is -0.437. The minimum atomic E-state index is -4.63. The SMILES string of the molecule is Cn1c(SCC(=O)N(C[C@@H]2CCCO2)[C@H]2CCS(=O)(=O)C2)nnc1C(F)(F)F. The van der Waals surface area contributed by atoms with Crippen molar-refractivity contribution < 1.29 is 31.1 Å². The fourth-order valence-corrected chi connectivity index (χ4v) is 5.91. The third kappa shape index (κ3) is 4.98. The zero-order valence-corrected chi connectivity index (χ0v) is 16.8. The van der Waals surface area contributed by atoms with E-state index in [4.69, 9.17) is 4.74 Å². The Balaban J connectivity index is 1.68. The Morgan fingerprint density at radius 2 is 2.11 bits per heavy atom. The Labute approximate surface area is 164 Å². The Bertz CT molecular complexity index is 822. The number of nitrogens with zero attached hydrogens (tertiary/aromatic N) is 4. The summed E-state index contributed by atoms with van der Waals surface area (Å²) in [5.41, 5.74) is 0. The molecule has 3 rings (SSSR count). The number of halogens is 3. The summed E-state index contributed by atoms with van der Waals surface area (Å²) in [6.07, 6.45) is -2.76. The molecule has 0 N–H and O–H groups in total. The lowest BCUT2D eigenvalue weighted by Gasteiger charge is -2.30. The van der Waals surface area contributed by atoms with Crippen LogP contribution in [-0.4, -0.2) is 76.5 Å². The molecule has 0 spiro atoms. The molecular weight excluding hydrogens is 421 g/mol. The molecule has 2 saturated heterocycles. The van der Waals surface area contributed by atoms with Gasteiger partial charge in [-0.3, -0.25) is 4.79 Å². The molecule has 1 aromatic rings. The minimum absolute atomic E-state index is 0.0261. The van der Waals surface area contributed by atoms with Gasteiger partial charge in [0.05, 0.1) is 23.4 Å². The van der Waals surface area contributed by atoms with Gasteiger partial charge in [0.15, 0.2) is 15.0 Å². The van der Waals surface area contributed by atoms with Gasteiger partial charge in [-0.1, -0.05) is 11.8 Å². The molecule has 2 aliphatic rings. The number of ether oxygens (including phenoxy) is 1. The number of alkyl halides is 3. The van der Waals surface area contributed by atoms with Crippen molar-refractivity contribution in [2.24, 2.45) is 7.05 Å². The molecule has 0 aromatic carbocycles. The van der Waals surface area contributed by atoms with Crippen LogP contribution in [0.15, 0.2) is 5.16 Å². The van der Waals surface area contributed by atoms with Gasteiger partial charge in [-0.15, -0.1) is 10.2 Å². The Morgan fingerprint density at radius 3 is 2.64 bits per heavy atom. The monoisotopic (exact) mass is 442 g/mol. The van der Waals surface area contributed by atoms with Gasteiger partial charge in [-0.05, 0) is 19.3 Å². The van der Waals surface area contributed by atoms with Crippen LogP contribution in [0.25, 0.3) is 0 Å². The van der Waals surface area contributed by atoms with Crippen molar-refractivity contribution in [3.8, 4) is 0 Å². The summed E-state index contributed by atoms with van der Waals surface area (Å²) in [4.78, 5) is 14.3. The van der Waals surface area contributed by atoms with Crippen LogP contribution in [0.5, 0.6) is 0 Å². The van der Waals surface area contributed by atoms with Gasteiger partial charge < -0.3 is 14.2 Å². The Hall–Kier alpha value is -1.34. The Kier molecular flexibility index (Phi) is 6.25. The minimum Gasteiger partial charge on any atom is -0.376 e. The second-order valence-corrected chi connectivity index (χ2v) is 10.1. The lowest BCUT2D eigenvalue weighted by molar-refractivity contribution is -0.147. The van der Waals surface area contributed by atoms with Crippen LogP contribution >= 0.6 is 11.8 Å². The van der Waals surface area contributed by atoms with Gasteiger partial charge in [0.2, 0.25) is 11.7 Å². The molecular formula is C15H21F3N4O4S2. The third-order valence-corrected chi connectivity index (χ3v) is 7.56. The molecule has 1 amide bonds. The van der Waals surface area contributed by atoms with E-state index in [0.717, 1.165) is 29.2 Å². The molecule has 8 nitrogen and oxygen atoms in total. The molecule has 2 fully saturated rings. The number of rotatable bonds is 6. The summed E-state index contributed by atoms with van der Waals surface area (Å²) in [5, 5.41) is 6.60. The molecule has 13 heteroatoms. The fraction of sp³-hybridized carbons (Fsp3) is 0.800. The first kappa shape index (κ1) is 21.4. The zero-order valence-electron chi connectivity index (χ0n) is 15.2. The molecule has 2 aliphatic heterocycles. The topological polar surface area (TPSA) is 94.4 Å². The standard InChI is InChI=1S/C15H21F3N4O4S2/c1-21-13(15(16,17)18)19-20-14(21)27-8-12(23)22(7-11-3-2-5-26-11)10-4-6-28(24,25)9-10/h10-11H,2-9H2,1H3/t10-,11-/m0/s1. The number of hydrogen-bond donors (Lipinski definition) is 0. The van der Waals surface area contributed by atoms with Gasteiger partial charge in [-0.2, -0.15) is 13.2 Å². The highest BCUT2D eigenvalue weighted by atomic mass is 32.2. The first-order chi connectivity index (χ1) is 13.1. The van der Waals surface area contributed by atoms with Gasteiger partial charge >= 0.3 is 6.18 Å². The van der Waals surface area contributed by atoms with Crippen LogP contribution in [-0.2, 0) is 32.6 Å². The fourth-order valence-electron chi connectivity index (χ4n) is 3.38. The molecule has 0 saturated carbocycles. The van der Waals surface area contributed by atoms with Crippen LogP contribution in [0.4, 0.5) is 13.2 Å². The van der Waals surface area contributed by atoms with E-state index in [1.807, 2.05) is 0 Å². The van der Waals surface area contributed by atoms with Crippen LogP contribution in [0.1, 0.15) is 25.1 Å². The van der Waals surface area contributed by atoms with Gasteiger partial charge in [0, 0.05) is 26.2 Å². The number of thioether (sulfide) groups is 1. The number of hydrogen-bond acceptors (Lipinski definition) is 7. The van der Waals surface area contributed by atoms with E-state index in [1.165, 1.54) is 11.9 Å². The summed E-state index contributed by atoms with van der Waals surface area (Å²) in [5.74, 6) is -1.72. The van der Waals surface area contributed by atoms with Crippen molar-refractivity contribution in [2.75, 3.05) is 30.4 Å². The lowest BCUT2D eigenvalue weighted by atomic mass is 10.1. The average molecular weight is 442 g/mol. The van der Waals surface area contributed by atoms with Gasteiger partial charge in [-0.25, -0.2) is 8.42 Å². The van der Waals surface area contributed by atoms with Gasteiger partial charge in [0.1, 0.15) is 0 Å². The van der Waals surface area contributed by atoms with Crippen molar-refractivity contribution in [3.05, 3.63) is 5.82 Å². The molecule has 0 radical (unpaired) electrons. The van der Waals surface area contributed by atoms with Gasteiger partial charge in [0.25, 0.3) is 0 Å². The van der Waals surface area contributed by atoms with E-state index in [0.29, 0.717) is 13.0 Å². The van der Waals surface area contributed by atoms with Crippen molar-refractivity contribution in [1.82, 2.24) is 19.7 Å². The molecule has 28 heavy (non-hydrogen) atoms. The van der Waals surface area contributed by atoms with E-state index in [-0.39, 0.29) is 41.0 Å². The lowest BCUT2D eigenvalue weighted by Crippen LogP contribution is -2.46. The van der Waals surface area contributed by atoms with Crippen molar-refractivity contribution >= 4 is 27.5 Å². The normalized spacial score (nSPS) is 24.6. The second kappa shape index (κ2) is 8.19. The molecule has 0 bridgehead atoms. The van der Waals surface area contributed by atoms with E-state index < -0.39 is 27.9 Å². The predicted molar refractivity (Wildman–Crippen MR) is 94.5 cm³/mol. The summed E-state index contributed by atoms with van der Waals surface area (Å²) < 4.78 is 68.5. The highest BCUT2D eigenvalue weighted by Gasteiger charge is 2.38. The van der Waals surface area contributed by atoms with Crippen molar-refractivity contribution in [1.29, 1.82) is 0 Å². The van der Waals surface area contributed by atoms with Crippen LogP contribution < -0.4 is 0 Å². The molecule has 158 valence electrons. The van der Waals surface area contributed by atoms with Crippen LogP contribution in [0.2, 0.25) is 0 Å². The maximum absolute atomic E-state index is 12.8. The number of sulfone groups is 1. The maximum Gasteiger partial charge on any atom is 0.451 e.